The molecule has 0 saturated carbocycles. The largest absolute Gasteiger partial charge is 0.341 e. The molecule has 1 saturated heterocycles. The highest BCUT2D eigenvalue weighted by atomic mass is 32.1. The Hall–Kier alpha value is -2.61. The molecule has 1 amide bonds. The number of hydrogen-bond acceptors (Lipinski definition) is 6. The van der Waals surface area contributed by atoms with Crippen LogP contribution in [0.2, 0.25) is 0 Å². The van der Waals surface area contributed by atoms with Gasteiger partial charge >= 0.3 is 0 Å². The Balaban J connectivity index is 1.39. The Bertz CT molecular complexity index is 977. The highest BCUT2D eigenvalue weighted by Crippen LogP contribution is 2.28. The first-order chi connectivity index (χ1) is 13.0. The summed E-state index contributed by atoms with van der Waals surface area (Å²) >= 11 is 1.29. The molecule has 0 unspecified atom stereocenters. The number of halogens is 1. The van der Waals surface area contributed by atoms with Gasteiger partial charge in [-0.25, -0.2) is 19.3 Å². The van der Waals surface area contributed by atoms with E-state index in [1.54, 1.807) is 6.07 Å². The lowest BCUT2D eigenvalue weighted by molar-refractivity contribution is -0.120. The molecule has 8 heteroatoms. The number of benzene rings is 1. The summed E-state index contributed by atoms with van der Waals surface area (Å²) in [5, 5.41) is 3.40. The number of anilines is 2. The number of aryl methyl sites for hydroxylation is 2. The number of rotatable bonds is 3. The Morgan fingerprint density at radius 3 is 2.56 bits per heavy atom. The van der Waals surface area contributed by atoms with Crippen LogP contribution in [0.4, 0.5) is 15.5 Å². The Kier molecular flexibility index (Phi) is 4.73. The smallest absolute Gasteiger partial charge is 0.229 e. The highest BCUT2D eigenvalue weighted by molar-refractivity contribution is 7.22. The van der Waals surface area contributed by atoms with E-state index in [-0.39, 0.29) is 17.6 Å². The number of hydrogen-bond donors (Lipinski definition) is 1. The van der Waals surface area contributed by atoms with Gasteiger partial charge in [-0.15, -0.1) is 0 Å². The zero-order valence-electron chi connectivity index (χ0n) is 15.2. The molecule has 1 fully saturated rings. The molecule has 140 valence electrons. The first-order valence-corrected chi connectivity index (χ1v) is 9.74. The first-order valence-electron chi connectivity index (χ1n) is 8.92. The van der Waals surface area contributed by atoms with Gasteiger partial charge in [-0.3, -0.25) is 4.79 Å². The van der Waals surface area contributed by atoms with Crippen LogP contribution in [-0.2, 0) is 4.79 Å². The van der Waals surface area contributed by atoms with Crippen LogP contribution in [-0.4, -0.2) is 33.9 Å². The molecule has 27 heavy (non-hydrogen) atoms. The minimum atomic E-state index is -0.301. The molecule has 1 aliphatic rings. The molecule has 0 bridgehead atoms. The van der Waals surface area contributed by atoms with E-state index in [1.807, 2.05) is 19.9 Å². The molecule has 2 aromatic heterocycles. The van der Waals surface area contributed by atoms with Crippen LogP contribution in [0.15, 0.2) is 24.3 Å². The van der Waals surface area contributed by atoms with Crippen molar-refractivity contribution in [2.45, 2.75) is 26.7 Å². The van der Waals surface area contributed by atoms with E-state index in [0.717, 1.165) is 48.0 Å². The van der Waals surface area contributed by atoms with Gasteiger partial charge in [0.25, 0.3) is 0 Å². The van der Waals surface area contributed by atoms with E-state index in [0.29, 0.717) is 10.6 Å². The third-order valence-electron chi connectivity index (χ3n) is 4.70. The van der Waals surface area contributed by atoms with Crippen molar-refractivity contribution < 1.29 is 9.18 Å². The minimum Gasteiger partial charge on any atom is -0.341 e. The minimum absolute atomic E-state index is 0.0319. The van der Waals surface area contributed by atoms with Gasteiger partial charge in [0.1, 0.15) is 5.82 Å². The molecule has 3 heterocycles. The van der Waals surface area contributed by atoms with Crippen molar-refractivity contribution >= 4 is 38.5 Å². The van der Waals surface area contributed by atoms with Gasteiger partial charge in [-0.2, -0.15) is 0 Å². The number of carbonyl (C=O) groups excluding carboxylic acids is 1. The number of thiazole rings is 1. The van der Waals surface area contributed by atoms with Crippen LogP contribution in [0.3, 0.4) is 0 Å². The van der Waals surface area contributed by atoms with Crippen LogP contribution < -0.4 is 10.2 Å². The summed E-state index contributed by atoms with van der Waals surface area (Å²) < 4.78 is 14.0. The van der Waals surface area contributed by atoms with Crippen LogP contribution >= 0.6 is 11.3 Å². The van der Waals surface area contributed by atoms with Crippen LogP contribution in [0.25, 0.3) is 10.2 Å². The zero-order chi connectivity index (χ0) is 19.0. The second-order valence-electron chi connectivity index (χ2n) is 6.83. The van der Waals surface area contributed by atoms with Gasteiger partial charge in [0, 0.05) is 30.4 Å². The number of amides is 1. The Morgan fingerprint density at radius 1 is 1.15 bits per heavy atom. The molecule has 0 spiro atoms. The van der Waals surface area contributed by atoms with Crippen molar-refractivity contribution in [1.29, 1.82) is 0 Å². The molecule has 1 aliphatic heterocycles. The molecular formula is C19H20FN5OS. The van der Waals surface area contributed by atoms with Crippen molar-refractivity contribution in [3.8, 4) is 0 Å². The maximum absolute atomic E-state index is 13.3. The van der Waals surface area contributed by atoms with E-state index in [9.17, 15) is 9.18 Å². The lowest BCUT2D eigenvalue weighted by atomic mass is 9.96. The molecule has 1 aromatic carbocycles. The predicted molar refractivity (Wildman–Crippen MR) is 105 cm³/mol. The zero-order valence-corrected chi connectivity index (χ0v) is 16.0. The van der Waals surface area contributed by atoms with Gasteiger partial charge in [-0.05, 0) is 51.0 Å². The predicted octanol–water partition coefficient (Wildman–Crippen LogP) is 3.70. The highest BCUT2D eigenvalue weighted by Gasteiger charge is 2.27. The molecule has 1 N–H and O–H groups in total. The summed E-state index contributed by atoms with van der Waals surface area (Å²) in [6.45, 7) is 5.41. The third kappa shape index (κ3) is 3.90. The normalized spacial score (nSPS) is 15.3. The van der Waals surface area contributed by atoms with E-state index in [2.05, 4.69) is 25.2 Å². The van der Waals surface area contributed by atoms with Crippen molar-refractivity contribution in [1.82, 2.24) is 15.0 Å². The van der Waals surface area contributed by atoms with E-state index in [4.69, 9.17) is 0 Å². The molecule has 3 aromatic rings. The number of nitrogens with one attached hydrogen (secondary N) is 1. The quantitative estimate of drug-likeness (QED) is 0.744. The SMILES string of the molecule is Cc1cc(C)nc(N2CCC(C(=O)Nc3nc4ccc(F)cc4s3)CC2)n1. The lowest BCUT2D eigenvalue weighted by Crippen LogP contribution is -2.39. The lowest BCUT2D eigenvalue weighted by Gasteiger charge is -2.31. The maximum Gasteiger partial charge on any atom is 0.229 e. The van der Waals surface area contributed by atoms with Gasteiger partial charge in [0.05, 0.1) is 10.2 Å². The maximum atomic E-state index is 13.3. The standard InChI is InChI=1S/C19H20FN5OS/c1-11-9-12(2)22-18(21-11)25-7-5-13(6-8-25)17(26)24-19-23-15-4-3-14(20)10-16(15)27-19/h3-4,9-10,13H,5-8H2,1-2H3,(H,23,24,26). The summed E-state index contributed by atoms with van der Waals surface area (Å²) in [5.74, 6) is 0.330. The number of fused-ring (bicyclic) bond motifs is 1. The summed E-state index contributed by atoms with van der Waals surface area (Å²) in [6, 6.07) is 6.39. The fraction of sp³-hybridized carbons (Fsp3) is 0.368. The average molecular weight is 385 g/mol. The van der Waals surface area contributed by atoms with Gasteiger partial charge in [0.2, 0.25) is 11.9 Å². The molecule has 0 aliphatic carbocycles. The summed E-state index contributed by atoms with van der Waals surface area (Å²) in [6.07, 6.45) is 1.48. The molecule has 0 atom stereocenters. The van der Waals surface area contributed by atoms with Crippen molar-refractivity contribution in [3.63, 3.8) is 0 Å². The second kappa shape index (κ2) is 7.19. The molecule has 6 nitrogen and oxygen atoms in total. The summed E-state index contributed by atoms with van der Waals surface area (Å²) in [4.78, 5) is 28.1. The fourth-order valence-corrected chi connectivity index (χ4v) is 4.24. The van der Waals surface area contributed by atoms with Crippen molar-refractivity contribution in [2.75, 3.05) is 23.3 Å². The van der Waals surface area contributed by atoms with E-state index >= 15 is 0 Å². The van der Waals surface area contributed by atoms with Gasteiger partial charge in [-0.1, -0.05) is 11.3 Å². The number of carbonyl (C=O) groups is 1. The summed E-state index contributed by atoms with van der Waals surface area (Å²) in [7, 11) is 0. The van der Waals surface area contributed by atoms with E-state index < -0.39 is 0 Å². The van der Waals surface area contributed by atoms with Gasteiger partial charge < -0.3 is 10.2 Å². The fourth-order valence-electron chi connectivity index (χ4n) is 3.35. The number of aromatic nitrogens is 3. The topological polar surface area (TPSA) is 71.0 Å². The average Bonchev–Trinajstić information content (AvgIpc) is 3.02. The monoisotopic (exact) mass is 385 g/mol. The number of nitrogens with zero attached hydrogens (tertiary/aromatic N) is 4. The Morgan fingerprint density at radius 2 is 1.85 bits per heavy atom. The van der Waals surface area contributed by atoms with Gasteiger partial charge in [0.15, 0.2) is 5.13 Å². The number of piperidine rings is 1. The third-order valence-corrected chi connectivity index (χ3v) is 5.63. The first kappa shape index (κ1) is 17.8. The Labute approximate surface area is 160 Å². The van der Waals surface area contributed by atoms with Crippen LogP contribution in [0, 0.1) is 25.6 Å². The van der Waals surface area contributed by atoms with Crippen LogP contribution in [0.5, 0.6) is 0 Å². The second-order valence-corrected chi connectivity index (χ2v) is 7.86. The molecule has 0 radical (unpaired) electrons. The summed E-state index contributed by atoms with van der Waals surface area (Å²) in [5.41, 5.74) is 2.59. The van der Waals surface area contributed by atoms with E-state index in [1.165, 1.54) is 23.5 Å². The molecular weight excluding hydrogens is 365 g/mol. The van der Waals surface area contributed by atoms with Crippen molar-refractivity contribution in [2.24, 2.45) is 5.92 Å². The van der Waals surface area contributed by atoms with Crippen molar-refractivity contribution in [3.05, 3.63) is 41.5 Å². The van der Waals surface area contributed by atoms with Crippen LogP contribution in [0.1, 0.15) is 24.2 Å². The molecule has 4 rings (SSSR count).